The van der Waals surface area contributed by atoms with Crippen LogP contribution in [-0.4, -0.2) is 30.3 Å². The molecule has 13 heavy (non-hydrogen) atoms. The Hall–Kier alpha value is -0.730. The summed E-state index contributed by atoms with van der Waals surface area (Å²) in [7, 11) is 0. The number of alkyl halides is 1. The Balaban J connectivity index is 4.13. The molecule has 0 aromatic carbocycles. The van der Waals surface area contributed by atoms with Gasteiger partial charge in [0.25, 0.3) is 0 Å². The van der Waals surface area contributed by atoms with Crippen molar-refractivity contribution >= 4 is 0 Å². The van der Waals surface area contributed by atoms with Crippen molar-refractivity contribution in [2.75, 3.05) is 13.3 Å². The molecule has 0 saturated carbocycles. The van der Waals surface area contributed by atoms with E-state index in [1.165, 1.54) is 0 Å². The van der Waals surface area contributed by atoms with E-state index in [-0.39, 0.29) is 6.61 Å². The molecule has 0 aliphatic heterocycles. The first-order valence-corrected chi connectivity index (χ1v) is 4.66. The zero-order valence-corrected chi connectivity index (χ0v) is 9.01. The Labute approximate surface area is 80.4 Å². The van der Waals surface area contributed by atoms with Crippen molar-refractivity contribution in [3.63, 3.8) is 0 Å². The second-order valence-corrected chi connectivity index (χ2v) is 3.53. The minimum atomic E-state index is -0.469. The van der Waals surface area contributed by atoms with E-state index in [1.54, 1.807) is 0 Å². The summed E-state index contributed by atoms with van der Waals surface area (Å²) >= 11 is 0. The maximum absolute atomic E-state index is 11.8. The summed E-state index contributed by atoms with van der Waals surface area (Å²) in [5.74, 6) is 0.558. The van der Waals surface area contributed by atoms with Gasteiger partial charge in [-0.15, -0.1) is 0 Å². The molecule has 0 amide bonds. The van der Waals surface area contributed by atoms with Gasteiger partial charge >= 0.3 is 0 Å². The quantitative estimate of drug-likeness (QED) is 0.595. The minimum absolute atomic E-state index is 0.0920. The van der Waals surface area contributed by atoms with Gasteiger partial charge in [0.05, 0.1) is 0 Å². The van der Waals surface area contributed by atoms with Crippen LogP contribution < -0.4 is 0 Å². The van der Waals surface area contributed by atoms with Crippen LogP contribution in [-0.2, 0) is 4.74 Å². The number of ether oxygens (including phenoxy) is 1. The molecule has 0 heterocycles. The molecule has 0 radical (unpaired) electrons. The van der Waals surface area contributed by atoms with Crippen molar-refractivity contribution < 1.29 is 9.13 Å². The summed E-state index contributed by atoms with van der Waals surface area (Å²) in [6.45, 7) is 11.6. The third-order valence-electron chi connectivity index (χ3n) is 1.75. The summed E-state index contributed by atoms with van der Waals surface area (Å²) in [5, 5.41) is 0. The Bertz CT molecular complexity index is 149. The summed E-state index contributed by atoms with van der Waals surface area (Å²) in [6.07, 6.45) is 0. The van der Waals surface area contributed by atoms with Gasteiger partial charge in [0.15, 0.2) is 5.88 Å². The van der Waals surface area contributed by atoms with Gasteiger partial charge < -0.3 is 9.64 Å². The average Bonchev–Trinajstić information content (AvgIpc) is 1.99. The van der Waals surface area contributed by atoms with Crippen molar-refractivity contribution in [3.8, 4) is 0 Å². The third-order valence-corrected chi connectivity index (χ3v) is 1.75. The topological polar surface area (TPSA) is 12.5 Å². The van der Waals surface area contributed by atoms with Gasteiger partial charge in [-0.25, -0.2) is 4.39 Å². The normalized spacial score (nSPS) is 10.7. The number of hydrogen-bond acceptors (Lipinski definition) is 2. The van der Waals surface area contributed by atoms with Crippen molar-refractivity contribution in [2.24, 2.45) is 0 Å². The van der Waals surface area contributed by atoms with E-state index in [0.717, 1.165) is 0 Å². The lowest BCUT2D eigenvalue weighted by molar-refractivity contribution is 0.0686. The highest BCUT2D eigenvalue weighted by molar-refractivity contribution is 4.88. The highest BCUT2D eigenvalue weighted by Crippen LogP contribution is 2.13. The van der Waals surface area contributed by atoms with E-state index < -0.39 is 6.67 Å². The number of halogens is 1. The molecule has 0 aliphatic carbocycles. The van der Waals surface area contributed by atoms with Crippen LogP contribution in [0.2, 0.25) is 0 Å². The van der Waals surface area contributed by atoms with Crippen molar-refractivity contribution in [2.45, 2.75) is 39.8 Å². The molecule has 0 aliphatic rings. The van der Waals surface area contributed by atoms with E-state index in [9.17, 15) is 4.39 Å². The van der Waals surface area contributed by atoms with E-state index in [0.29, 0.717) is 18.0 Å². The summed E-state index contributed by atoms with van der Waals surface area (Å²) in [4.78, 5) is 2.02. The van der Waals surface area contributed by atoms with Gasteiger partial charge in [-0.3, -0.25) is 0 Å². The molecule has 0 bridgehead atoms. The van der Waals surface area contributed by atoms with Gasteiger partial charge in [0.1, 0.15) is 13.3 Å². The fraction of sp³-hybridized carbons (Fsp3) is 0.800. The molecule has 0 aromatic rings. The van der Waals surface area contributed by atoms with Gasteiger partial charge in [0, 0.05) is 12.1 Å². The largest absolute Gasteiger partial charge is 0.477 e. The fourth-order valence-corrected chi connectivity index (χ4v) is 1.40. The van der Waals surface area contributed by atoms with Crippen LogP contribution in [0.15, 0.2) is 12.5 Å². The standard InChI is InChI=1S/C10H20FNO/c1-8(2)12(9(3)4)10(5)13-7-6-11/h8-9H,5-7H2,1-4H3. The number of hydrogen-bond donors (Lipinski definition) is 0. The predicted octanol–water partition coefficient (Wildman–Crippen LogP) is 2.56. The van der Waals surface area contributed by atoms with Crippen LogP contribution in [0, 0.1) is 0 Å². The Morgan fingerprint density at radius 3 is 2.08 bits per heavy atom. The van der Waals surface area contributed by atoms with Crippen LogP contribution in [0.25, 0.3) is 0 Å². The SMILES string of the molecule is C=C(OCCF)N(C(C)C)C(C)C. The first kappa shape index (κ1) is 12.3. The fourth-order valence-electron chi connectivity index (χ4n) is 1.40. The summed E-state index contributed by atoms with van der Waals surface area (Å²) in [5.41, 5.74) is 0. The summed E-state index contributed by atoms with van der Waals surface area (Å²) < 4.78 is 17.0. The van der Waals surface area contributed by atoms with Gasteiger partial charge in [-0.05, 0) is 34.3 Å². The highest BCUT2D eigenvalue weighted by atomic mass is 19.1. The van der Waals surface area contributed by atoms with Crippen molar-refractivity contribution in [1.29, 1.82) is 0 Å². The van der Waals surface area contributed by atoms with Crippen LogP contribution in [0.3, 0.4) is 0 Å². The molecule has 3 heteroatoms. The monoisotopic (exact) mass is 189 g/mol. The van der Waals surface area contributed by atoms with E-state index >= 15 is 0 Å². The summed E-state index contributed by atoms with van der Waals surface area (Å²) in [6, 6.07) is 0.652. The van der Waals surface area contributed by atoms with E-state index in [2.05, 4.69) is 34.3 Å². The van der Waals surface area contributed by atoms with Gasteiger partial charge in [-0.1, -0.05) is 0 Å². The van der Waals surface area contributed by atoms with Crippen LogP contribution in [0.5, 0.6) is 0 Å². The predicted molar refractivity (Wildman–Crippen MR) is 53.2 cm³/mol. The zero-order chi connectivity index (χ0) is 10.4. The minimum Gasteiger partial charge on any atom is -0.477 e. The molecular formula is C10H20FNO. The number of rotatable bonds is 6. The van der Waals surface area contributed by atoms with Gasteiger partial charge in [-0.2, -0.15) is 0 Å². The molecule has 0 aromatic heterocycles. The molecule has 0 spiro atoms. The number of nitrogens with zero attached hydrogens (tertiary/aromatic N) is 1. The highest BCUT2D eigenvalue weighted by Gasteiger charge is 2.15. The Morgan fingerprint density at radius 2 is 1.77 bits per heavy atom. The molecule has 2 nitrogen and oxygen atoms in total. The second-order valence-electron chi connectivity index (χ2n) is 3.53. The van der Waals surface area contributed by atoms with Crippen LogP contribution >= 0.6 is 0 Å². The molecule has 78 valence electrons. The first-order chi connectivity index (χ1) is 6.00. The zero-order valence-electron chi connectivity index (χ0n) is 9.01. The van der Waals surface area contributed by atoms with Crippen molar-refractivity contribution in [1.82, 2.24) is 4.90 Å². The van der Waals surface area contributed by atoms with Crippen LogP contribution in [0.1, 0.15) is 27.7 Å². The van der Waals surface area contributed by atoms with E-state index in [4.69, 9.17) is 4.74 Å². The third kappa shape index (κ3) is 4.15. The molecule has 0 N–H and O–H groups in total. The van der Waals surface area contributed by atoms with Crippen molar-refractivity contribution in [3.05, 3.63) is 12.5 Å². The first-order valence-electron chi connectivity index (χ1n) is 4.66. The van der Waals surface area contributed by atoms with Gasteiger partial charge in [0.2, 0.25) is 0 Å². The molecule has 0 saturated heterocycles. The maximum atomic E-state index is 11.8. The lowest BCUT2D eigenvalue weighted by Crippen LogP contribution is -2.36. The smallest absolute Gasteiger partial charge is 0.182 e. The Kier molecular flexibility index (Phi) is 5.51. The van der Waals surface area contributed by atoms with E-state index in [1.807, 2.05) is 4.90 Å². The molecule has 0 rings (SSSR count). The maximum Gasteiger partial charge on any atom is 0.182 e. The molecular weight excluding hydrogens is 169 g/mol. The molecule has 0 unspecified atom stereocenters. The Morgan fingerprint density at radius 1 is 1.31 bits per heavy atom. The second kappa shape index (κ2) is 5.84. The molecule has 0 fully saturated rings. The average molecular weight is 189 g/mol. The lowest BCUT2D eigenvalue weighted by Gasteiger charge is -2.33. The van der Waals surface area contributed by atoms with Crippen LogP contribution in [0.4, 0.5) is 4.39 Å². The molecule has 0 atom stereocenters. The lowest BCUT2D eigenvalue weighted by atomic mass is 10.2.